The van der Waals surface area contributed by atoms with Crippen molar-refractivity contribution in [3.63, 3.8) is 0 Å². The Hall–Kier alpha value is -4.61. The molecule has 1 atom stereocenters. The summed E-state index contributed by atoms with van der Waals surface area (Å²) in [7, 11) is 0. The van der Waals surface area contributed by atoms with Gasteiger partial charge in [-0.2, -0.15) is 9.78 Å². The SMILES string of the molecule is O=c1[nH]nc(-c2cccc([N+](=O)[O-])c2)c2c1Nc1nnnn1[C@H]2c1ccc(O)cc1. The molecule has 1 aliphatic rings. The van der Waals surface area contributed by atoms with E-state index in [-0.39, 0.29) is 23.1 Å². The van der Waals surface area contributed by atoms with E-state index in [9.17, 15) is 20.0 Å². The molecule has 0 saturated heterocycles. The number of H-pyrrole nitrogens is 1. The monoisotopic (exact) mass is 404 g/mol. The van der Waals surface area contributed by atoms with E-state index in [1.807, 2.05) is 0 Å². The number of nitrogens with zero attached hydrogens (tertiary/aromatic N) is 6. The van der Waals surface area contributed by atoms with Crippen LogP contribution in [-0.2, 0) is 0 Å². The van der Waals surface area contributed by atoms with Crippen molar-refractivity contribution in [2.75, 3.05) is 5.32 Å². The highest BCUT2D eigenvalue weighted by Crippen LogP contribution is 2.41. The van der Waals surface area contributed by atoms with Crippen LogP contribution in [0.5, 0.6) is 5.75 Å². The van der Waals surface area contributed by atoms with E-state index in [1.54, 1.807) is 24.3 Å². The van der Waals surface area contributed by atoms with Crippen LogP contribution in [0.1, 0.15) is 17.2 Å². The van der Waals surface area contributed by atoms with Gasteiger partial charge in [-0.25, -0.2) is 5.10 Å². The third-order valence-corrected chi connectivity index (χ3v) is 4.81. The molecule has 0 spiro atoms. The van der Waals surface area contributed by atoms with E-state index in [0.29, 0.717) is 22.4 Å². The highest BCUT2D eigenvalue weighted by atomic mass is 16.6. The number of non-ortho nitro benzene ring substituents is 1. The largest absolute Gasteiger partial charge is 0.508 e. The lowest BCUT2D eigenvalue weighted by atomic mass is 9.92. The number of aromatic amines is 1. The number of nitro groups is 1. The zero-order valence-corrected chi connectivity index (χ0v) is 15.1. The van der Waals surface area contributed by atoms with Gasteiger partial charge in [-0.15, -0.1) is 0 Å². The molecule has 12 nitrogen and oxygen atoms in total. The summed E-state index contributed by atoms with van der Waals surface area (Å²) in [5.41, 5.74) is 1.50. The summed E-state index contributed by atoms with van der Waals surface area (Å²) in [6.07, 6.45) is 0. The highest BCUT2D eigenvalue weighted by molar-refractivity contribution is 5.76. The van der Waals surface area contributed by atoms with Gasteiger partial charge in [0.15, 0.2) is 0 Å². The molecule has 0 fully saturated rings. The van der Waals surface area contributed by atoms with Gasteiger partial charge < -0.3 is 10.4 Å². The summed E-state index contributed by atoms with van der Waals surface area (Å²) in [6.45, 7) is 0. The summed E-state index contributed by atoms with van der Waals surface area (Å²) < 4.78 is 1.48. The van der Waals surface area contributed by atoms with Crippen molar-refractivity contribution in [1.29, 1.82) is 0 Å². The molecule has 4 aromatic rings. The van der Waals surface area contributed by atoms with E-state index in [2.05, 4.69) is 31.0 Å². The Labute approximate surface area is 167 Å². The van der Waals surface area contributed by atoms with Gasteiger partial charge in [0.25, 0.3) is 11.2 Å². The fourth-order valence-corrected chi connectivity index (χ4v) is 3.49. The second-order valence-electron chi connectivity index (χ2n) is 6.56. The Bertz CT molecular complexity index is 1350. The average molecular weight is 404 g/mol. The predicted molar refractivity (Wildman–Crippen MR) is 103 cm³/mol. The van der Waals surface area contributed by atoms with Crippen LogP contribution in [0.15, 0.2) is 53.3 Å². The van der Waals surface area contributed by atoms with Gasteiger partial charge in [-0.1, -0.05) is 29.4 Å². The van der Waals surface area contributed by atoms with Crippen molar-refractivity contribution < 1.29 is 10.0 Å². The van der Waals surface area contributed by atoms with E-state index in [4.69, 9.17) is 0 Å². The summed E-state index contributed by atoms with van der Waals surface area (Å²) in [6, 6.07) is 11.7. The summed E-state index contributed by atoms with van der Waals surface area (Å²) in [5, 5.41) is 42.0. The van der Waals surface area contributed by atoms with Crippen LogP contribution in [0, 0.1) is 10.1 Å². The molecule has 0 radical (unpaired) electrons. The van der Waals surface area contributed by atoms with Crippen LogP contribution in [0.3, 0.4) is 0 Å². The molecule has 148 valence electrons. The maximum Gasteiger partial charge on any atom is 0.288 e. The molecule has 1 aliphatic heterocycles. The van der Waals surface area contributed by atoms with E-state index in [0.717, 1.165) is 0 Å². The zero-order valence-electron chi connectivity index (χ0n) is 15.1. The van der Waals surface area contributed by atoms with Crippen molar-refractivity contribution in [1.82, 2.24) is 30.4 Å². The molecule has 30 heavy (non-hydrogen) atoms. The molecule has 3 N–H and O–H groups in total. The number of fused-ring (bicyclic) bond motifs is 2. The standard InChI is InChI=1S/C18H12N8O4/c27-12-6-4-9(5-7-12)16-13-14(10-2-1-3-11(8-10)26(29)30)20-21-17(28)15(13)19-18-22-23-24-25(16)18/h1-8,16,27H,(H,21,28)(H,19,22,24)/t16-/m0/s1. The number of aromatic nitrogens is 6. The number of nitrogens with one attached hydrogen (secondary N) is 2. The molecular weight excluding hydrogens is 392 g/mol. The third-order valence-electron chi connectivity index (χ3n) is 4.81. The van der Waals surface area contributed by atoms with Gasteiger partial charge in [0.05, 0.1) is 10.6 Å². The van der Waals surface area contributed by atoms with Gasteiger partial charge in [0.2, 0.25) is 5.95 Å². The first-order valence-corrected chi connectivity index (χ1v) is 8.74. The summed E-state index contributed by atoms with van der Waals surface area (Å²) in [5.74, 6) is 0.329. The van der Waals surface area contributed by atoms with Gasteiger partial charge in [0, 0.05) is 23.3 Å². The van der Waals surface area contributed by atoms with Crippen molar-refractivity contribution in [3.8, 4) is 17.0 Å². The first-order valence-electron chi connectivity index (χ1n) is 8.74. The first-order chi connectivity index (χ1) is 14.5. The van der Waals surface area contributed by atoms with Crippen LogP contribution >= 0.6 is 0 Å². The lowest BCUT2D eigenvalue weighted by Gasteiger charge is -2.27. The number of aromatic hydroxyl groups is 1. The molecule has 2 aromatic heterocycles. The quantitative estimate of drug-likeness (QED) is 0.300. The third kappa shape index (κ3) is 2.66. The minimum absolute atomic E-state index is 0.0767. The molecular formula is C18H12N8O4. The van der Waals surface area contributed by atoms with Crippen LogP contribution in [0.25, 0.3) is 11.3 Å². The second-order valence-corrected chi connectivity index (χ2v) is 6.56. The smallest absolute Gasteiger partial charge is 0.288 e. The maximum absolute atomic E-state index is 12.6. The minimum Gasteiger partial charge on any atom is -0.508 e. The van der Waals surface area contributed by atoms with Crippen molar-refractivity contribution >= 4 is 17.3 Å². The average Bonchev–Trinajstić information content (AvgIpc) is 3.22. The van der Waals surface area contributed by atoms with Crippen molar-refractivity contribution in [2.45, 2.75) is 6.04 Å². The lowest BCUT2D eigenvalue weighted by molar-refractivity contribution is -0.384. The number of phenols is 1. The van der Waals surface area contributed by atoms with Crippen LogP contribution in [0.2, 0.25) is 0 Å². The molecule has 0 unspecified atom stereocenters. The van der Waals surface area contributed by atoms with Gasteiger partial charge >= 0.3 is 0 Å². The fraction of sp³-hybridized carbons (Fsp3) is 0.0556. The molecule has 0 bridgehead atoms. The molecule has 2 aromatic carbocycles. The molecule has 3 heterocycles. The topological polar surface area (TPSA) is 165 Å². The fourth-order valence-electron chi connectivity index (χ4n) is 3.49. The van der Waals surface area contributed by atoms with E-state index >= 15 is 0 Å². The number of anilines is 2. The Balaban J connectivity index is 1.80. The number of hydrogen-bond acceptors (Lipinski definition) is 9. The van der Waals surface area contributed by atoms with E-state index < -0.39 is 16.5 Å². The van der Waals surface area contributed by atoms with Crippen molar-refractivity contribution in [3.05, 3.63) is 80.1 Å². The van der Waals surface area contributed by atoms with Crippen LogP contribution in [-0.4, -0.2) is 40.4 Å². The zero-order chi connectivity index (χ0) is 20.8. The minimum atomic E-state index is -0.657. The normalized spacial score (nSPS) is 14.5. The van der Waals surface area contributed by atoms with Crippen LogP contribution in [0.4, 0.5) is 17.3 Å². The number of rotatable bonds is 3. The van der Waals surface area contributed by atoms with Gasteiger partial charge in [-0.05, 0) is 28.1 Å². The predicted octanol–water partition coefficient (Wildman–Crippen LogP) is 1.73. The van der Waals surface area contributed by atoms with Crippen LogP contribution < -0.4 is 10.9 Å². The Kier molecular flexibility index (Phi) is 3.78. The summed E-state index contributed by atoms with van der Waals surface area (Å²) in [4.78, 5) is 23.3. The lowest BCUT2D eigenvalue weighted by Crippen LogP contribution is -2.29. The molecule has 0 saturated carbocycles. The molecule has 0 amide bonds. The number of phenolic OH excluding ortho intramolecular Hbond substituents is 1. The van der Waals surface area contributed by atoms with Gasteiger partial charge in [0.1, 0.15) is 17.5 Å². The highest BCUT2D eigenvalue weighted by Gasteiger charge is 2.34. The molecule has 0 aliphatic carbocycles. The van der Waals surface area contributed by atoms with E-state index in [1.165, 1.54) is 28.9 Å². The first kappa shape index (κ1) is 17.5. The Morgan fingerprint density at radius 2 is 1.97 bits per heavy atom. The molecule has 5 rings (SSSR count). The number of nitro benzene ring substituents is 1. The molecule has 12 heteroatoms. The van der Waals surface area contributed by atoms with Gasteiger partial charge in [-0.3, -0.25) is 14.9 Å². The summed E-state index contributed by atoms with van der Waals surface area (Å²) >= 11 is 0. The maximum atomic E-state index is 12.6. The number of benzene rings is 2. The number of tetrazole rings is 1. The Morgan fingerprint density at radius 3 is 2.73 bits per heavy atom. The van der Waals surface area contributed by atoms with Crippen molar-refractivity contribution in [2.24, 2.45) is 0 Å². The second kappa shape index (κ2) is 6.48. The number of hydrogen-bond donors (Lipinski definition) is 3. The Morgan fingerprint density at radius 1 is 1.17 bits per heavy atom.